The van der Waals surface area contributed by atoms with Crippen LogP contribution in [0, 0.1) is 12.7 Å². The molecule has 1 aliphatic rings. The maximum Gasteiger partial charge on any atom is 0.257 e. The average Bonchev–Trinajstić information content (AvgIpc) is 3.09. The molecule has 0 amide bonds. The zero-order valence-electron chi connectivity index (χ0n) is 15.1. The normalized spacial score (nSPS) is 14.3. The predicted molar refractivity (Wildman–Crippen MR) is 95.9 cm³/mol. The topological polar surface area (TPSA) is 84.4 Å². The Labute approximate surface area is 154 Å². The lowest BCUT2D eigenvalue weighted by atomic mass is 10.1. The first kappa shape index (κ1) is 17.4. The fraction of sp³-hybridized carbons (Fsp3) is 0.316. The van der Waals surface area contributed by atoms with Gasteiger partial charge in [0, 0.05) is 30.3 Å². The molecule has 0 saturated carbocycles. The van der Waals surface area contributed by atoms with Crippen LogP contribution in [0.1, 0.15) is 22.8 Å². The highest BCUT2D eigenvalue weighted by Crippen LogP contribution is 2.26. The Kier molecular flexibility index (Phi) is 4.27. The smallest absolute Gasteiger partial charge is 0.257 e. The number of fused-ring (bicyclic) bond motifs is 1. The zero-order valence-corrected chi connectivity index (χ0v) is 15.1. The van der Waals surface area contributed by atoms with Crippen LogP contribution >= 0.6 is 0 Å². The molecule has 1 N–H and O–H groups in total. The molecule has 8 heteroatoms. The number of hydrogen-bond acceptors (Lipinski definition) is 6. The Morgan fingerprint density at radius 2 is 2.15 bits per heavy atom. The third kappa shape index (κ3) is 3.23. The van der Waals surface area contributed by atoms with E-state index in [1.807, 2.05) is 7.05 Å². The van der Waals surface area contributed by atoms with Gasteiger partial charge in [-0.2, -0.15) is 0 Å². The van der Waals surface area contributed by atoms with Crippen molar-refractivity contribution in [3.63, 3.8) is 0 Å². The predicted octanol–water partition coefficient (Wildman–Crippen LogP) is 2.09. The summed E-state index contributed by atoms with van der Waals surface area (Å²) in [5, 5.41) is 13.5. The van der Waals surface area contributed by atoms with E-state index in [4.69, 9.17) is 4.52 Å². The molecule has 4 rings (SSSR count). The van der Waals surface area contributed by atoms with Gasteiger partial charge in [-0.1, -0.05) is 5.16 Å². The lowest BCUT2D eigenvalue weighted by Crippen LogP contribution is -2.36. The maximum atomic E-state index is 13.2. The van der Waals surface area contributed by atoms with E-state index >= 15 is 0 Å². The quantitative estimate of drug-likeness (QED) is 0.760. The molecule has 3 heterocycles. The molecule has 0 unspecified atom stereocenters. The molecule has 0 saturated heterocycles. The second kappa shape index (κ2) is 6.62. The average molecular weight is 370 g/mol. The van der Waals surface area contributed by atoms with E-state index in [1.54, 1.807) is 17.6 Å². The number of aromatic hydroxyl groups is 1. The molecule has 0 bridgehead atoms. The SMILES string of the molecule is Cc1nc2c(c(=O)n1Cc1cc(-c3ccc(F)c(O)c3)on1)CCN(C)C2. The first-order valence-corrected chi connectivity index (χ1v) is 8.64. The van der Waals surface area contributed by atoms with E-state index in [0.717, 1.165) is 23.9 Å². The number of rotatable bonds is 3. The van der Waals surface area contributed by atoms with Gasteiger partial charge in [0.05, 0.1) is 12.2 Å². The van der Waals surface area contributed by atoms with Gasteiger partial charge in [0.25, 0.3) is 5.56 Å². The van der Waals surface area contributed by atoms with Crippen molar-refractivity contribution in [3.05, 3.63) is 63.2 Å². The number of aromatic nitrogens is 3. The summed E-state index contributed by atoms with van der Waals surface area (Å²) in [6.07, 6.45) is 0.677. The fourth-order valence-corrected chi connectivity index (χ4v) is 3.31. The summed E-state index contributed by atoms with van der Waals surface area (Å²) >= 11 is 0. The van der Waals surface area contributed by atoms with Gasteiger partial charge in [0.1, 0.15) is 11.5 Å². The molecule has 2 aromatic heterocycles. The number of phenols is 1. The molecule has 0 spiro atoms. The third-order valence-corrected chi connectivity index (χ3v) is 4.81. The highest BCUT2D eigenvalue weighted by molar-refractivity contribution is 5.59. The lowest BCUT2D eigenvalue weighted by molar-refractivity contribution is 0.304. The van der Waals surface area contributed by atoms with E-state index in [1.165, 1.54) is 12.1 Å². The summed E-state index contributed by atoms with van der Waals surface area (Å²) < 4.78 is 20.1. The number of benzene rings is 1. The Morgan fingerprint density at radius 1 is 1.33 bits per heavy atom. The monoisotopic (exact) mass is 370 g/mol. The van der Waals surface area contributed by atoms with Crippen LogP contribution in [0.3, 0.4) is 0 Å². The van der Waals surface area contributed by atoms with Gasteiger partial charge >= 0.3 is 0 Å². The van der Waals surface area contributed by atoms with Gasteiger partial charge in [0.2, 0.25) is 0 Å². The number of aryl methyl sites for hydroxylation is 1. The molecule has 1 aliphatic heterocycles. The van der Waals surface area contributed by atoms with Crippen molar-refractivity contribution >= 4 is 0 Å². The van der Waals surface area contributed by atoms with E-state index < -0.39 is 11.6 Å². The molecular weight excluding hydrogens is 351 g/mol. The summed E-state index contributed by atoms with van der Waals surface area (Å²) in [5.74, 6) is -0.149. The van der Waals surface area contributed by atoms with Gasteiger partial charge in [0.15, 0.2) is 17.3 Å². The number of phenolic OH excluding ortho intramolecular Hbond substituents is 1. The molecular formula is C19H19FN4O3. The highest BCUT2D eigenvalue weighted by atomic mass is 19.1. The summed E-state index contributed by atoms with van der Waals surface area (Å²) in [5.41, 5.74) is 2.60. The van der Waals surface area contributed by atoms with E-state index in [-0.39, 0.29) is 12.1 Å². The van der Waals surface area contributed by atoms with Crippen molar-refractivity contribution in [1.29, 1.82) is 0 Å². The van der Waals surface area contributed by atoms with Crippen molar-refractivity contribution < 1.29 is 14.0 Å². The Hall–Kier alpha value is -3.00. The Bertz CT molecular complexity index is 1070. The lowest BCUT2D eigenvalue weighted by Gasteiger charge is -2.24. The van der Waals surface area contributed by atoms with Gasteiger partial charge in [-0.05, 0) is 38.6 Å². The molecule has 27 heavy (non-hydrogen) atoms. The van der Waals surface area contributed by atoms with Crippen LogP contribution in [-0.4, -0.2) is 38.3 Å². The van der Waals surface area contributed by atoms with Gasteiger partial charge in [-0.3, -0.25) is 9.36 Å². The molecule has 0 radical (unpaired) electrons. The molecule has 140 valence electrons. The van der Waals surface area contributed by atoms with Crippen LogP contribution in [0.4, 0.5) is 4.39 Å². The standard InChI is InChI=1S/C19H19FN4O3/c1-11-21-16-10-23(2)6-5-14(16)19(26)24(11)9-13-8-18(27-22-13)12-3-4-15(20)17(25)7-12/h3-4,7-8,25H,5-6,9-10H2,1-2H3. The van der Waals surface area contributed by atoms with Crippen molar-refractivity contribution in [2.75, 3.05) is 13.6 Å². The minimum Gasteiger partial charge on any atom is -0.505 e. The third-order valence-electron chi connectivity index (χ3n) is 4.81. The molecule has 0 fully saturated rings. The maximum absolute atomic E-state index is 13.2. The molecule has 3 aromatic rings. The van der Waals surface area contributed by atoms with Gasteiger partial charge < -0.3 is 14.5 Å². The van der Waals surface area contributed by atoms with Crippen molar-refractivity contribution in [3.8, 4) is 17.1 Å². The molecule has 0 atom stereocenters. The minimum absolute atomic E-state index is 0.0467. The number of likely N-dealkylation sites (N-methyl/N-ethyl adjacent to an activating group) is 1. The van der Waals surface area contributed by atoms with E-state index in [2.05, 4.69) is 15.0 Å². The van der Waals surface area contributed by atoms with Gasteiger partial charge in [-0.25, -0.2) is 9.37 Å². The van der Waals surface area contributed by atoms with E-state index in [9.17, 15) is 14.3 Å². The Morgan fingerprint density at radius 3 is 2.93 bits per heavy atom. The van der Waals surface area contributed by atoms with Gasteiger partial charge in [-0.15, -0.1) is 0 Å². The summed E-state index contributed by atoms with van der Waals surface area (Å²) in [6, 6.07) is 5.60. The number of nitrogens with zero attached hydrogens (tertiary/aromatic N) is 4. The Balaban J connectivity index is 1.65. The highest BCUT2D eigenvalue weighted by Gasteiger charge is 2.21. The second-order valence-electron chi connectivity index (χ2n) is 6.81. The minimum atomic E-state index is -0.702. The second-order valence-corrected chi connectivity index (χ2v) is 6.81. The summed E-state index contributed by atoms with van der Waals surface area (Å²) in [6.45, 7) is 3.54. The summed E-state index contributed by atoms with van der Waals surface area (Å²) in [4.78, 5) is 19.6. The number of hydrogen-bond donors (Lipinski definition) is 1. The largest absolute Gasteiger partial charge is 0.505 e. The molecule has 1 aromatic carbocycles. The van der Waals surface area contributed by atoms with Crippen molar-refractivity contribution in [2.24, 2.45) is 0 Å². The van der Waals surface area contributed by atoms with Crippen molar-refractivity contribution in [2.45, 2.75) is 26.4 Å². The molecule has 0 aliphatic carbocycles. The van der Waals surface area contributed by atoms with Crippen molar-refractivity contribution in [1.82, 2.24) is 19.6 Å². The first-order valence-electron chi connectivity index (χ1n) is 8.64. The van der Waals surface area contributed by atoms with Crippen LogP contribution in [-0.2, 0) is 19.5 Å². The molecule has 7 nitrogen and oxygen atoms in total. The van der Waals surface area contributed by atoms with E-state index in [0.29, 0.717) is 35.8 Å². The number of halogens is 1. The van der Waals surface area contributed by atoms with Crippen LogP contribution in [0.15, 0.2) is 33.6 Å². The zero-order chi connectivity index (χ0) is 19.1. The first-order chi connectivity index (χ1) is 12.9. The van der Waals surface area contributed by atoms with Crippen LogP contribution in [0.25, 0.3) is 11.3 Å². The summed E-state index contributed by atoms with van der Waals surface area (Å²) in [7, 11) is 2.01. The van der Waals surface area contributed by atoms with Crippen LogP contribution in [0.2, 0.25) is 0 Å². The van der Waals surface area contributed by atoms with Crippen LogP contribution < -0.4 is 5.56 Å². The fourth-order valence-electron chi connectivity index (χ4n) is 3.31. The van der Waals surface area contributed by atoms with Crippen LogP contribution in [0.5, 0.6) is 5.75 Å².